The molecule has 2 N–H and O–H groups in total. The van der Waals surface area contributed by atoms with Crippen molar-refractivity contribution in [3.05, 3.63) is 41.5 Å². The van der Waals surface area contributed by atoms with Gasteiger partial charge in [0.05, 0.1) is 13.2 Å². The summed E-state index contributed by atoms with van der Waals surface area (Å²) in [6.45, 7) is 5.38. The molecule has 30 heavy (non-hydrogen) atoms. The first-order chi connectivity index (χ1) is 14.4. The van der Waals surface area contributed by atoms with E-state index in [0.29, 0.717) is 12.0 Å². The molecule has 0 aromatic heterocycles. The first kappa shape index (κ1) is 24.9. The van der Waals surface area contributed by atoms with Crippen LogP contribution in [0.25, 0.3) is 5.76 Å². The summed E-state index contributed by atoms with van der Waals surface area (Å²) in [5.74, 6) is -2.05. The molecule has 1 atom stereocenters. The Balaban J connectivity index is 3.10. The second-order valence-electron chi connectivity index (χ2n) is 6.31. The van der Waals surface area contributed by atoms with Crippen molar-refractivity contribution < 1.29 is 29.0 Å². The van der Waals surface area contributed by atoms with Gasteiger partial charge in [0, 0.05) is 11.8 Å². The minimum absolute atomic E-state index is 0.123. The van der Waals surface area contributed by atoms with E-state index in [1.54, 1.807) is 44.2 Å². The number of carbonyl (C=O) groups excluding carboxylic acids is 3. The molecule has 0 aliphatic carbocycles. The van der Waals surface area contributed by atoms with Crippen molar-refractivity contribution in [3.8, 4) is 0 Å². The van der Waals surface area contributed by atoms with E-state index in [1.165, 1.54) is 0 Å². The molecule has 1 rings (SSSR count). The molecule has 0 fully saturated rings. The minimum atomic E-state index is -0.827. The van der Waals surface area contributed by atoms with E-state index in [1.807, 2.05) is 6.92 Å². The first-order valence-electron chi connectivity index (χ1n) is 10.1. The lowest BCUT2D eigenvalue weighted by Crippen LogP contribution is -2.37. The van der Waals surface area contributed by atoms with Crippen LogP contribution >= 0.6 is 0 Å². The van der Waals surface area contributed by atoms with E-state index in [9.17, 15) is 19.5 Å². The molecule has 0 radical (unpaired) electrons. The second-order valence-corrected chi connectivity index (χ2v) is 6.31. The van der Waals surface area contributed by atoms with E-state index in [-0.39, 0.29) is 31.1 Å². The fraction of sp³-hybridized carbons (Fsp3) is 0.455. The Morgan fingerprint density at radius 3 is 2.37 bits per heavy atom. The third-order valence-corrected chi connectivity index (χ3v) is 4.03. The number of unbranched alkanes of at least 4 members (excludes halogenated alkanes) is 1. The topological polar surface area (TPSA) is 114 Å². The van der Waals surface area contributed by atoms with Gasteiger partial charge < -0.3 is 19.9 Å². The lowest BCUT2D eigenvalue weighted by Gasteiger charge is -2.13. The van der Waals surface area contributed by atoms with Gasteiger partial charge in [0.2, 0.25) is 5.91 Å². The van der Waals surface area contributed by atoms with Crippen molar-refractivity contribution >= 4 is 29.8 Å². The zero-order valence-corrected chi connectivity index (χ0v) is 17.7. The summed E-state index contributed by atoms with van der Waals surface area (Å²) in [7, 11) is 0. The van der Waals surface area contributed by atoms with E-state index in [4.69, 9.17) is 9.47 Å². The third-order valence-electron chi connectivity index (χ3n) is 4.03. The Bertz CT molecular complexity index is 758. The van der Waals surface area contributed by atoms with Crippen LogP contribution in [0.2, 0.25) is 0 Å². The Morgan fingerprint density at radius 2 is 1.77 bits per heavy atom. The van der Waals surface area contributed by atoms with Crippen molar-refractivity contribution in [3.63, 3.8) is 0 Å². The number of amides is 1. The number of ether oxygens (including phenoxy) is 2. The molecule has 0 saturated carbocycles. The molecule has 0 bridgehead atoms. The van der Waals surface area contributed by atoms with Crippen molar-refractivity contribution in [2.45, 2.75) is 46.1 Å². The highest BCUT2D eigenvalue weighted by molar-refractivity contribution is 6.15. The maximum atomic E-state index is 12.5. The summed E-state index contributed by atoms with van der Waals surface area (Å²) in [6, 6.07) is 7.68. The molecular weight excluding hydrogens is 388 g/mol. The van der Waals surface area contributed by atoms with Gasteiger partial charge in [0.1, 0.15) is 23.9 Å². The van der Waals surface area contributed by atoms with Crippen LogP contribution in [0.4, 0.5) is 0 Å². The number of hydrogen-bond donors (Lipinski definition) is 2. The van der Waals surface area contributed by atoms with E-state index < -0.39 is 23.9 Å². The average molecular weight is 418 g/mol. The molecule has 8 heteroatoms. The number of benzene rings is 1. The molecule has 1 aromatic rings. The summed E-state index contributed by atoms with van der Waals surface area (Å²) in [5.41, 5.74) is 0.270. The average Bonchev–Trinajstić information content (AvgIpc) is 2.75. The zero-order valence-electron chi connectivity index (χ0n) is 17.7. The molecule has 1 aromatic carbocycles. The van der Waals surface area contributed by atoms with E-state index in [2.05, 4.69) is 10.3 Å². The number of nitrogens with one attached hydrogen (secondary N) is 1. The summed E-state index contributed by atoms with van der Waals surface area (Å²) < 4.78 is 9.81. The maximum absolute atomic E-state index is 12.5. The molecule has 8 nitrogen and oxygen atoms in total. The van der Waals surface area contributed by atoms with E-state index >= 15 is 0 Å². The number of nitrogens with zero attached hydrogens (tertiary/aromatic N) is 1. The number of aliphatic hydroxyl groups is 1. The van der Waals surface area contributed by atoms with Crippen LogP contribution in [0.3, 0.4) is 0 Å². The van der Waals surface area contributed by atoms with Gasteiger partial charge in [-0.05, 0) is 20.3 Å². The quantitative estimate of drug-likeness (QED) is 0.233. The summed E-state index contributed by atoms with van der Waals surface area (Å²) in [5, 5.41) is 13.1. The molecule has 1 amide bonds. The van der Waals surface area contributed by atoms with E-state index in [0.717, 1.165) is 19.1 Å². The molecule has 0 heterocycles. The van der Waals surface area contributed by atoms with Crippen LogP contribution in [0.5, 0.6) is 0 Å². The fourth-order valence-corrected chi connectivity index (χ4v) is 2.50. The van der Waals surface area contributed by atoms with Gasteiger partial charge in [0.25, 0.3) is 0 Å². The Kier molecular flexibility index (Phi) is 11.5. The van der Waals surface area contributed by atoms with Crippen LogP contribution < -0.4 is 5.32 Å². The highest BCUT2D eigenvalue weighted by Gasteiger charge is 2.20. The van der Waals surface area contributed by atoms with Gasteiger partial charge in [-0.1, -0.05) is 50.1 Å². The molecular formula is C22H30N2O6. The van der Waals surface area contributed by atoms with Crippen LogP contribution in [-0.2, 0) is 23.9 Å². The van der Waals surface area contributed by atoms with Crippen molar-refractivity contribution in [1.29, 1.82) is 0 Å². The normalized spacial score (nSPS) is 12.8. The number of carbonyl (C=O) groups is 3. The van der Waals surface area contributed by atoms with Crippen LogP contribution in [0.1, 0.15) is 45.6 Å². The van der Waals surface area contributed by atoms with Crippen molar-refractivity contribution in [2.75, 3.05) is 19.8 Å². The lowest BCUT2D eigenvalue weighted by atomic mass is 10.1. The van der Waals surface area contributed by atoms with Crippen LogP contribution in [-0.4, -0.2) is 55.0 Å². The van der Waals surface area contributed by atoms with Gasteiger partial charge >= 0.3 is 11.9 Å². The molecule has 0 spiro atoms. The fourth-order valence-electron chi connectivity index (χ4n) is 2.50. The lowest BCUT2D eigenvalue weighted by molar-refractivity contribution is -0.143. The predicted molar refractivity (Wildman–Crippen MR) is 114 cm³/mol. The summed E-state index contributed by atoms with van der Waals surface area (Å²) in [4.78, 5) is 40.5. The SMILES string of the molecule is CCCCC(N=C/C(C(=O)OCC)=C(/O)c1ccccc1)C(=O)NCC(=O)OCC. The number of hydrogen-bond acceptors (Lipinski definition) is 7. The van der Waals surface area contributed by atoms with Gasteiger partial charge in [-0.25, -0.2) is 4.79 Å². The highest BCUT2D eigenvalue weighted by Crippen LogP contribution is 2.16. The third kappa shape index (κ3) is 8.46. The van der Waals surface area contributed by atoms with Gasteiger partial charge in [-0.3, -0.25) is 14.6 Å². The molecule has 164 valence electrons. The van der Waals surface area contributed by atoms with Crippen LogP contribution in [0.15, 0.2) is 40.9 Å². The predicted octanol–water partition coefficient (Wildman–Crippen LogP) is 2.83. The first-order valence-corrected chi connectivity index (χ1v) is 10.1. The smallest absolute Gasteiger partial charge is 0.343 e. The standard InChI is InChI=1S/C22H30N2O6/c1-4-7-13-18(21(27)24-15-19(25)29-5-2)23-14-17(22(28)30-6-3)20(26)16-11-9-8-10-12-16/h8-12,14,18,26H,4-7,13,15H2,1-3H3,(H,24,27)/b20-17-,23-14?. The number of aliphatic imine (C=N–C) groups is 1. The second kappa shape index (κ2) is 13.9. The molecule has 0 aliphatic rings. The van der Waals surface area contributed by atoms with Crippen molar-refractivity contribution in [2.24, 2.45) is 4.99 Å². The Hall–Kier alpha value is -3.16. The van der Waals surface area contributed by atoms with Crippen LogP contribution in [0, 0.1) is 0 Å². The largest absolute Gasteiger partial charge is 0.506 e. The summed E-state index contributed by atoms with van der Waals surface area (Å²) >= 11 is 0. The number of aliphatic hydroxyl groups excluding tert-OH is 1. The molecule has 1 unspecified atom stereocenters. The number of esters is 2. The summed E-state index contributed by atoms with van der Waals surface area (Å²) in [6.07, 6.45) is 3.14. The Labute approximate surface area is 177 Å². The molecule has 0 saturated heterocycles. The highest BCUT2D eigenvalue weighted by atomic mass is 16.5. The van der Waals surface area contributed by atoms with Crippen molar-refractivity contribution in [1.82, 2.24) is 5.32 Å². The van der Waals surface area contributed by atoms with Gasteiger partial charge in [-0.2, -0.15) is 0 Å². The minimum Gasteiger partial charge on any atom is -0.506 e. The zero-order chi connectivity index (χ0) is 22.4. The monoisotopic (exact) mass is 418 g/mol. The van der Waals surface area contributed by atoms with Gasteiger partial charge in [0.15, 0.2) is 0 Å². The van der Waals surface area contributed by atoms with Gasteiger partial charge in [-0.15, -0.1) is 0 Å². The number of rotatable bonds is 12. The maximum Gasteiger partial charge on any atom is 0.343 e. The Morgan fingerprint density at radius 1 is 1.10 bits per heavy atom. The molecule has 0 aliphatic heterocycles.